The van der Waals surface area contributed by atoms with E-state index in [9.17, 15) is 18.8 Å². The second kappa shape index (κ2) is 12.6. The van der Waals surface area contributed by atoms with Gasteiger partial charge in [-0.2, -0.15) is 10.2 Å². The number of ether oxygens (including phenoxy) is 3. The van der Waals surface area contributed by atoms with Crippen molar-refractivity contribution in [2.75, 3.05) is 33.4 Å². The first-order valence-electron chi connectivity index (χ1n) is 14.8. The number of methoxy groups -OCH3 is 1. The molecule has 0 aliphatic carbocycles. The summed E-state index contributed by atoms with van der Waals surface area (Å²) in [6.07, 6.45) is 4.33. The number of aromatic nitrogens is 5. The topological polar surface area (TPSA) is 123 Å². The number of carbonyl (C=O) groups is 1. The molecule has 4 aromatic rings. The number of amides is 1. The van der Waals surface area contributed by atoms with Gasteiger partial charge in [0.2, 0.25) is 5.91 Å². The number of carbonyl (C=O) groups excluding carboxylic acids is 1. The van der Waals surface area contributed by atoms with Gasteiger partial charge in [-0.25, -0.2) is 13.8 Å². The fraction of sp³-hybridized carbons (Fsp3) is 0.500. The van der Waals surface area contributed by atoms with E-state index in [-0.39, 0.29) is 18.6 Å². The minimum Gasteiger partial charge on any atom is -0.496 e. The van der Waals surface area contributed by atoms with Crippen LogP contribution in [-0.2, 0) is 20.8 Å². The van der Waals surface area contributed by atoms with Gasteiger partial charge in [0.1, 0.15) is 33.5 Å². The van der Waals surface area contributed by atoms with E-state index in [0.717, 1.165) is 4.57 Å². The summed E-state index contributed by atoms with van der Waals surface area (Å²) in [6, 6.07) is 3.24. The zero-order valence-corrected chi connectivity index (χ0v) is 25.7. The van der Waals surface area contributed by atoms with E-state index >= 15 is 0 Å². The molecule has 2 aliphatic rings. The Morgan fingerprint density at radius 2 is 1.89 bits per heavy atom. The molecule has 14 heteroatoms. The summed E-state index contributed by atoms with van der Waals surface area (Å²) < 4.78 is 35.0. The average molecular weight is 627 g/mol. The lowest BCUT2D eigenvalue weighted by Crippen LogP contribution is -2.50. The molecular weight excluding hydrogens is 591 g/mol. The van der Waals surface area contributed by atoms with Crippen LogP contribution in [0.1, 0.15) is 55.9 Å². The molecular formula is C30H35FN6O6S. The molecule has 12 nitrogen and oxygen atoms in total. The maximum atomic E-state index is 14.7. The van der Waals surface area contributed by atoms with Crippen molar-refractivity contribution in [1.29, 1.82) is 0 Å². The van der Waals surface area contributed by atoms with E-state index in [1.807, 2.05) is 6.92 Å². The normalized spacial score (nSPS) is 18.7. The molecule has 0 spiro atoms. The van der Waals surface area contributed by atoms with Crippen LogP contribution in [0.3, 0.4) is 0 Å². The maximum absolute atomic E-state index is 14.7. The van der Waals surface area contributed by atoms with Crippen molar-refractivity contribution in [2.24, 2.45) is 0 Å². The van der Waals surface area contributed by atoms with Crippen LogP contribution < -0.4 is 16.0 Å². The molecule has 2 saturated heterocycles. The minimum atomic E-state index is -0.941. The zero-order chi connectivity index (χ0) is 31.0. The Morgan fingerprint density at radius 3 is 2.59 bits per heavy atom. The highest BCUT2D eigenvalue weighted by molar-refractivity contribution is 7.21. The number of hydrogen-bond acceptors (Lipinski definition) is 9. The second-order valence-electron chi connectivity index (χ2n) is 11.0. The Morgan fingerprint density at radius 1 is 1.14 bits per heavy atom. The van der Waals surface area contributed by atoms with Crippen LogP contribution in [0.25, 0.3) is 15.2 Å². The number of halogens is 1. The summed E-state index contributed by atoms with van der Waals surface area (Å²) >= 11 is 1.21. The van der Waals surface area contributed by atoms with Gasteiger partial charge < -0.3 is 19.1 Å². The smallest absolute Gasteiger partial charge is 0.332 e. The summed E-state index contributed by atoms with van der Waals surface area (Å²) in [6.45, 7) is 5.70. The van der Waals surface area contributed by atoms with Gasteiger partial charge in [-0.3, -0.25) is 14.2 Å². The number of thiophene rings is 1. The third kappa shape index (κ3) is 5.46. The largest absolute Gasteiger partial charge is 0.496 e. The van der Waals surface area contributed by atoms with Crippen LogP contribution in [0.4, 0.5) is 4.39 Å². The Labute approximate surface area is 256 Å². The zero-order valence-electron chi connectivity index (χ0n) is 24.9. The van der Waals surface area contributed by atoms with Gasteiger partial charge in [-0.05, 0) is 57.7 Å². The molecule has 0 bridgehead atoms. The van der Waals surface area contributed by atoms with Crippen LogP contribution in [0.5, 0.6) is 5.75 Å². The molecule has 0 N–H and O–H groups in total. The molecule has 3 aromatic heterocycles. The van der Waals surface area contributed by atoms with Crippen LogP contribution in [0.15, 0.2) is 40.2 Å². The summed E-state index contributed by atoms with van der Waals surface area (Å²) in [7, 11) is 1.49. The van der Waals surface area contributed by atoms with Crippen LogP contribution >= 0.6 is 11.3 Å². The Hall–Kier alpha value is -3.88. The first-order valence-corrected chi connectivity index (χ1v) is 15.6. The monoisotopic (exact) mass is 626 g/mol. The highest BCUT2D eigenvalue weighted by Crippen LogP contribution is 2.35. The predicted octanol–water partition coefficient (Wildman–Crippen LogP) is 3.38. The molecule has 1 aromatic carbocycles. The van der Waals surface area contributed by atoms with Crippen molar-refractivity contribution in [3.8, 4) is 10.8 Å². The van der Waals surface area contributed by atoms with E-state index in [1.54, 1.807) is 11.8 Å². The van der Waals surface area contributed by atoms with E-state index in [0.29, 0.717) is 84.1 Å². The lowest BCUT2D eigenvalue weighted by Gasteiger charge is -2.32. The highest BCUT2D eigenvalue weighted by Gasteiger charge is 2.35. The van der Waals surface area contributed by atoms with Gasteiger partial charge >= 0.3 is 5.69 Å². The first kappa shape index (κ1) is 30.2. The Balaban J connectivity index is 1.57. The predicted molar refractivity (Wildman–Crippen MR) is 161 cm³/mol. The number of likely N-dealkylation sites (N-methyl/N-ethyl adjacent to an activating group) is 1. The SMILES string of the molecule is CCN1CCCC(n2c(=O)c3c(C)c(-n4nccn4)sc3n(CC(OC3CCOCC3)c3cc(F)ccc3OC)c2=O)C1=O. The average Bonchev–Trinajstić information content (AvgIpc) is 3.68. The van der Waals surface area contributed by atoms with Crippen molar-refractivity contribution < 1.29 is 23.4 Å². The Kier molecular flexibility index (Phi) is 8.65. The van der Waals surface area contributed by atoms with Crippen molar-refractivity contribution in [3.05, 3.63) is 68.4 Å². The quantitative estimate of drug-likeness (QED) is 0.277. The second-order valence-corrected chi connectivity index (χ2v) is 12.0. The number of nitrogens with zero attached hydrogens (tertiary/aromatic N) is 6. The van der Waals surface area contributed by atoms with Gasteiger partial charge in [0.15, 0.2) is 0 Å². The van der Waals surface area contributed by atoms with Crippen molar-refractivity contribution in [2.45, 2.75) is 64.3 Å². The number of rotatable bonds is 9. The lowest BCUT2D eigenvalue weighted by atomic mass is 10.0. The third-order valence-corrected chi connectivity index (χ3v) is 9.71. The van der Waals surface area contributed by atoms with E-state index < -0.39 is 29.2 Å². The van der Waals surface area contributed by atoms with Crippen molar-refractivity contribution in [1.82, 2.24) is 29.0 Å². The third-order valence-electron chi connectivity index (χ3n) is 8.43. The highest BCUT2D eigenvalue weighted by atomic mass is 32.1. The van der Waals surface area contributed by atoms with Gasteiger partial charge in [0, 0.05) is 37.4 Å². The van der Waals surface area contributed by atoms with Gasteiger partial charge in [-0.1, -0.05) is 11.3 Å². The molecule has 2 aliphatic heterocycles. The molecule has 2 unspecified atom stereocenters. The molecule has 2 fully saturated rings. The molecule has 234 valence electrons. The summed E-state index contributed by atoms with van der Waals surface area (Å²) in [4.78, 5) is 45.6. The Bertz CT molecular complexity index is 1780. The summed E-state index contributed by atoms with van der Waals surface area (Å²) in [5, 5.41) is 9.38. The lowest BCUT2D eigenvalue weighted by molar-refractivity contribution is -0.137. The number of likely N-dealkylation sites (tertiary alicyclic amines) is 1. The van der Waals surface area contributed by atoms with Crippen molar-refractivity contribution in [3.63, 3.8) is 0 Å². The summed E-state index contributed by atoms with van der Waals surface area (Å²) in [5.41, 5.74) is -0.134. The molecule has 44 heavy (non-hydrogen) atoms. The molecule has 1 amide bonds. The van der Waals surface area contributed by atoms with Gasteiger partial charge in [-0.15, -0.1) is 4.80 Å². The van der Waals surface area contributed by atoms with Crippen LogP contribution in [0.2, 0.25) is 0 Å². The minimum absolute atomic E-state index is 0.0584. The van der Waals surface area contributed by atoms with Gasteiger partial charge in [0.25, 0.3) is 5.56 Å². The fourth-order valence-electron chi connectivity index (χ4n) is 6.16. The molecule has 0 radical (unpaired) electrons. The molecule has 5 heterocycles. The number of piperidine rings is 1. The standard InChI is InChI=1S/C30H35FN6O6S/c1-4-34-13-5-6-22(26(34)38)36-27(39)25-18(2)28(37-32-11-12-33-37)44-29(25)35(30(36)40)17-24(43-20-9-14-42-15-10-20)21-16-19(31)7-8-23(21)41-3/h7-8,11-12,16,20,22,24H,4-6,9-10,13-15,17H2,1-3H3. The number of fused-ring (bicyclic) bond motifs is 1. The van der Waals surface area contributed by atoms with Crippen molar-refractivity contribution >= 4 is 27.5 Å². The van der Waals surface area contributed by atoms with E-state index in [1.165, 1.54) is 58.4 Å². The molecule has 6 rings (SSSR count). The first-order chi connectivity index (χ1) is 21.3. The fourth-order valence-corrected chi connectivity index (χ4v) is 7.37. The maximum Gasteiger partial charge on any atom is 0.332 e. The summed E-state index contributed by atoms with van der Waals surface area (Å²) in [5.74, 6) is -0.325. The van der Waals surface area contributed by atoms with E-state index in [4.69, 9.17) is 14.2 Å². The number of aryl methyl sites for hydroxylation is 1. The number of hydrogen-bond donors (Lipinski definition) is 0. The molecule has 2 atom stereocenters. The van der Waals surface area contributed by atoms with Gasteiger partial charge in [0.05, 0.1) is 37.5 Å². The van der Waals surface area contributed by atoms with Crippen LogP contribution in [0, 0.1) is 12.7 Å². The van der Waals surface area contributed by atoms with E-state index in [2.05, 4.69) is 10.2 Å². The number of benzene rings is 1. The van der Waals surface area contributed by atoms with Crippen LogP contribution in [-0.4, -0.2) is 74.5 Å². The molecule has 0 saturated carbocycles.